The molecule has 4 fully saturated rings. The molecule has 1 aromatic carbocycles. The number of methoxy groups -OCH3 is 1. The molecular formula is C23H30O5. The maximum Gasteiger partial charge on any atom is 0.168 e. The SMILES string of the molecule is COc1ccc(COC[C@@]23C[C@H]4C[C@]2(C)[C@@]2(C=C[C@@](C)(O)CC2)[C@H](O4)O3)cc1. The van der Waals surface area contributed by atoms with Crippen molar-refractivity contribution < 1.29 is 24.1 Å². The Kier molecular flexibility index (Phi) is 4.02. The van der Waals surface area contributed by atoms with Crippen molar-refractivity contribution in [3.63, 3.8) is 0 Å². The van der Waals surface area contributed by atoms with Crippen LogP contribution in [-0.2, 0) is 20.8 Å². The molecule has 4 bridgehead atoms. The molecule has 2 aliphatic carbocycles. The highest BCUT2D eigenvalue weighted by molar-refractivity contribution is 5.30. The average Bonchev–Trinajstić information content (AvgIpc) is 2.95. The lowest BCUT2D eigenvalue weighted by Gasteiger charge is -2.50. The van der Waals surface area contributed by atoms with E-state index in [1.165, 1.54) is 0 Å². The zero-order valence-electron chi connectivity index (χ0n) is 16.9. The summed E-state index contributed by atoms with van der Waals surface area (Å²) in [5, 5.41) is 10.4. The quantitative estimate of drug-likeness (QED) is 0.784. The largest absolute Gasteiger partial charge is 0.497 e. The standard InChI is InChI=1S/C23H30O5/c1-20(24)8-10-22(11-9-20)19-27-18-12-21(22,2)23(13-18,28-19)15-26-14-16-4-6-17(25-3)7-5-16/h4-8,10,18-19,24H,9,11-15H2,1-3H3/t18-,19-,20-,21-,22-,23+/m1/s1. The first-order valence-corrected chi connectivity index (χ1v) is 10.3. The van der Waals surface area contributed by atoms with Crippen molar-refractivity contribution in [1.29, 1.82) is 0 Å². The van der Waals surface area contributed by atoms with Crippen LogP contribution in [0.2, 0.25) is 0 Å². The highest BCUT2D eigenvalue weighted by atomic mass is 16.7. The van der Waals surface area contributed by atoms with Gasteiger partial charge in [-0.15, -0.1) is 0 Å². The van der Waals surface area contributed by atoms with Gasteiger partial charge in [-0.3, -0.25) is 0 Å². The molecule has 152 valence electrons. The first kappa shape index (κ1) is 18.6. The molecule has 5 heteroatoms. The first-order valence-electron chi connectivity index (χ1n) is 10.3. The molecule has 28 heavy (non-hydrogen) atoms. The number of hydrogen-bond donors (Lipinski definition) is 1. The summed E-state index contributed by atoms with van der Waals surface area (Å²) in [5.74, 6) is 0.851. The van der Waals surface area contributed by atoms with Gasteiger partial charge in [0, 0.05) is 17.3 Å². The van der Waals surface area contributed by atoms with Crippen LogP contribution in [0, 0.1) is 10.8 Å². The van der Waals surface area contributed by atoms with Gasteiger partial charge in [-0.1, -0.05) is 31.2 Å². The number of rotatable bonds is 5. The molecule has 3 heterocycles. The van der Waals surface area contributed by atoms with Crippen LogP contribution in [0.1, 0.15) is 45.1 Å². The summed E-state index contributed by atoms with van der Waals surface area (Å²) in [6, 6.07) is 7.99. The molecule has 1 aromatic rings. The molecule has 0 amide bonds. The molecule has 3 aliphatic heterocycles. The fourth-order valence-electron chi connectivity index (χ4n) is 6.01. The van der Waals surface area contributed by atoms with Crippen LogP contribution in [0.15, 0.2) is 36.4 Å². The Balaban J connectivity index is 1.35. The second-order valence-corrected chi connectivity index (χ2v) is 9.51. The lowest BCUT2D eigenvalue weighted by molar-refractivity contribution is -0.263. The van der Waals surface area contributed by atoms with E-state index in [0.717, 1.165) is 37.0 Å². The molecule has 1 N–H and O–H groups in total. The van der Waals surface area contributed by atoms with Crippen molar-refractivity contribution in [2.45, 2.75) is 69.7 Å². The summed E-state index contributed by atoms with van der Waals surface area (Å²) in [6.07, 6.45) is 7.64. The smallest absolute Gasteiger partial charge is 0.168 e. The van der Waals surface area contributed by atoms with E-state index in [0.29, 0.717) is 13.2 Å². The molecule has 1 saturated carbocycles. The molecule has 0 aromatic heterocycles. The first-order chi connectivity index (χ1) is 13.3. The zero-order valence-corrected chi connectivity index (χ0v) is 16.9. The van der Waals surface area contributed by atoms with Crippen LogP contribution < -0.4 is 4.74 Å². The summed E-state index contributed by atoms with van der Waals surface area (Å²) in [4.78, 5) is 0. The van der Waals surface area contributed by atoms with Crippen LogP contribution in [0.3, 0.4) is 0 Å². The minimum absolute atomic E-state index is 0.0412. The van der Waals surface area contributed by atoms with Crippen LogP contribution >= 0.6 is 0 Å². The van der Waals surface area contributed by atoms with Crippen LogP contribution in [0.25, 0.3) is 0 Å². The van der Waals surface area contributed by atoms with Crippen LogP contribution in [0.5, 0.6) is 5.75 Å². The molecule has 0 radical (unpaired) electrons. The second kappa shape index (κ2) is 6.05. The van der Waals surface area contributed by atoms with Gasteiger partial charge in [-0.2, -0.15) is 0 Å². The zero-order chi connectivity index (χ0) is 19.6. The van der Waals surface area contributed by atoms with Gasteiger partial charge in [0.05, 0.1) is 32.0 Å². The summed E-state index contributed by atoms with van der Waals surface area (Å²) in [6.45, 7) is 5.34. The maximum absolute atomic E-state index is 10.4. The monoisotopic (exact) mass is 386 g/mol. The van der Waals surface area contributed by atoms with Gasteiger partial charge in [-0.05, 0) is 43.9 Å². The molecule has 3 saturated heterocycles. The number of ether oxygens (including phenoxy) is 4. The minimum atomic E-state index is -0.737. The Labute approximate surface area is 166 Å². The van der Waals surface area contributed by atoms with Gasteiger partial charge in [0.2, 0.25) is 0 Å². The fourth-order valence-corrected chi connectivity index (χ4v) is 6.01. The van der Waals surface area contributed by atoms with E-state index in [1.807, 2.05) is 37.3 Å². The van der Waals surface area contributed by atoms with E-state index in [-0.39, 0.29) is 28.8 Å². The molecule has 1 spiro atoms. The number of benzene rings is 1. The van der Waals surface area contributed by atoms with Crippen molar-refractivity contribution in [3.8, 4) is 5.75 Å². The lowest BCUT2D eigenvalue weighted by atomic mass is 9.55. The second-order valence-electron chi connectivity index (χ2n) is 9.51. The number of aliphatic hydroxyl groups is 1. The molecule has 0 unspecified atom stereocenters. The maximum atomic E-state index is 10.4. The van der Waals surface area contributed by atoms with Crippen molar-refractivity contribution in [1.82, 2.24) is 0 Å². The lowest BCUT2D eigenvalue weighted by Crippen LogP contribution is -2.52. The Hall–Kier alpha value is -1.40. The van der Waals surface area contributed by atoms with E-state index in [2.05, 4.69) is 13.0 Å². The van der Waals surface area contributed by atoms with Crippen LogP contribution in [0.4, 0.5) is 0 Å². The molecule has 5 aliphatic rings. The minimum Gasteiger partial charge on any atom is -0.497 e. The Morgan fingerprint density at radius 3 is 2.57 bits per heavy atom. The highest BCUT2D eigenvalue weighted by Crippen LogP contribution is 2.73. The van der Waals surface area contributed by atoms with E-state index >= 15 is 0 Å². The van der Waals surface area contributed by atoms with Gasteiger partial charge < -0.3 is 24.1 Å². The third-order valence-corrected chi connectivity index (χ3v) is 7.84. The van der Waals surface area contributed by atoms with E-state index in [4.69, 9.17) is 18.9 Å². The number of hydrogen-bond acceptors (Lipinski definition) is 5. The molecule has 6 atom stereocenters. The van der Waals surface area contributed by atoms with E-state index in [1.54, 1.807) is 7.11 Å². The molecule has 6 rings (SSSR count). The summed E-state index contributed by atoms with van der Waals surface area (Å²) >= 11 is 0. The Morgan fingerprint density at radius 1 is 1.11 bits per heavy atom. The van der Waals surface area contributed by atoms with Crippen LogP contribution in [-0.4, -0.2) is 42.4 Å². The molecular weight excluding hydrogens is 356 g/mol. The van der Waals surface area contributed by atoms with Crippen molar-refractivity contribution >= 4 is 0 Å². The van der Waals surface area contributed by atoms with Gasteiger partial charge >= 0.3 is 0 Å². The van der Waals surface area contributed by atoms with Crippen molar-refractivity contribution in [2.24, 2.45) is 10.8 Å². The normalized spacial score (nSPS) is 45.9. The summed E-state index contributed by atoms with van der Waals surface area (Å²) < 4.78 is 24.3. The van der Waals surface area contributed by atoms with Gasteiger partial charge in [0.25, 0.3) is 0 Å². The molecule has 5 nitrogen and oxygen atoms in total. The topological polar surface area (TPSA) is 57.2 Å². The fraction of sp³-hybridized carbons (Fsp3) is 0.652. The Morgan fingerprint density at radius 2 is 1.89 bits per heavy atom. The predicted molar refractivity (Wildman–Crippen MR) is 104 cm³/mol. The third-order valence-electron chi connectivity index (χ3n) is 7.84. The highest BCUT2D eigenvalue weighted by Gasteiger charge is 2.77. The van der Waals surface area contributed by atoms with Gasteiger partial charge in [0.15, 0.2) is 6.29 Å². The van der Waals surface area contributed by atoms with E-state index in [9.17, 15) is 5.11 Å². The summed E-state index contributed by atoms with van der Waals surface area (Å²) in [5.41, 5.74) is -0.147. The van der Waals surface area contributed by atoms with E-state index < -0.39 is 5.60 Å². The third kappa shape index (κ3) is 2.46. The van der Waals surface area contributed by atoms with Gasteiger partial charge in [0.1, 0.15) is 11.4 Å². The summed E-state index contributed by atoms with van der Waals surface area (Å²) in [7, 11) is 1.67. The van der Waals surface area contributed by atoms with Gasteiger partial charge in [-0.25, -0.2) is 0 Å². The average molecular weight is 386 g/mol. The Bertz CT molecular complexity index is 787. The predicted octanol–water partition coefficient (Wildman–Crippen LogP) is 3.59. The van der Waals surface area contributed by atoms with Crippen molar-refractivity contribution in [3.05, 3.63) is 42.0 Å². The van der Waals surface area contributed by atoms with Crippen molar-refractivity contribution in [2.75, 3.05) is 13.7 Å².